The van der Waals surface area contributed by atoms with E-state index in [1.807, 2.05) is 13.8 Å². The Balaban J connectivity index is 2.19. The molecule has 1 aromatic rings. The number of halogens is 2. The van der Waals surface area contributed by atoms with Gasteiger partial charge >= 0.3 is 0 Å². The van der Waals surface area contributed by atoms with E-state index in [4.69, 9.17) is 23.2 Å². The summed E-state index contributed by atoms with van der Waals surface area (Å²) in [4.78, 5) is 13.6. The first-order chi connectivity index (χ1) is 10.2. The van der Waals surface area contributed by atoms with Gasteiger partial charge in [-0.3, -0.25) is 4.79 Å². The van der Waals surface area contributed by atoms with E-state index in [1.165, 1.54) is 16.4 Å². The average molecular weight is 365 g/mol. The van der Waals surface area contributed by atoms with E-state index >= 15 is 0 Å². The van der Waals surface area contributed by atoms with Crippen LogP contribution in [0.5, 0.6) is 0 Å². The van der Waals surface area contributed by atoms with Gasteiger partial charge in [-0.25, -0.2) is 8.42 Å². The summed E-state index contributed by atoms with van der Waals surface area (Å²) in [6.45, 7) is 4.88. The lowest BCUT2D eigenvalue weighted by atomic mass is 10.2. The zero-order valence-electron chi connectivity index (χ0n) is 12.4. The van der Waals surface area contributed by atoms with Crippen molar-refractivity contribution < 1.29 is 13.2 Å². The van der Waals surface area contributed by atoms with Gasteiger partial charge in [-0.2, -0.15) is 4.31 Å². The average Bonchev–Trinajstić information content (AvgIpc) is 2.46. The number of carbonyl (C=O) groups excluding carboxylic acids is 1. The van der Waals surface area contributed by atoms with Gasteiger partial charge in [0.15, 0.2) is 0 Å². The standard InChI is InChI=1S/C14H18Cl2N2O3S/c1-10(2)14(19)17-6-8-18(9-7-17)22(20,21)13-11(15)4-3-5-12(13)16/h3-5,10H,6-9H2,1-2H3. The van der Waals surface area contributed by atoms with E-state index in [9.17, 15) is 13.2 Å². The molecule has 0 N–H and O–H groups in total. The highest BCUT2D eigenvalue weighted by molar-refractivity contribution is 7.89. The van der Waals surface area contributed by atoms with Crippen molar-refractivity contribution in [3.63, 3.8) is 0 Å². The maximum absolute atomic E-state index is 12.7. The predicted octanol–water partition coefficient (Wildman–Crippen LogP) is 2.48. The van der Waals surface area contributed by atoms with Gasteiger partial charge in [0.25, 0.3) is 0 Å². The molecular weight excluding hydrogens is 347 g/mol. The van der Waals surface area contributed by atoms with Gasteiger partial charge in [0.1, 0.15) is 4.90 Å². The molecule has 22 heavy (non-hydrogen) atoms. The number of rotatable bonds is 3. The Morgan fingerprint density at radius 2 is 1.59 bits per heavy atom. The first-order valence-electron chi connectivity index (χ1n) is 6.98. The fourth-order valence-electron chi connectivity index (χ4n) is 2.37. The lowest BCUT2D eigenvalue weighted by Crippen LogP contribution is -2.51. The van der Waals surface area contributed by atoms with Crippen LogP contribution >= 0.6 is 23.2 Å². The molecule has 0 radical (unpaired) electrons. The molecule has 0 atom stereocenters. The van der Waals surface area contributed by atoms with Crippen LogP contribution in [0.2, 0.25) is 10.0 Å². The Morgan fingerprint density at radius 3 is 2.05 bits per heavy atom. The minimum absolute atomic E-state index is 0.0350. The summed E-state index contributed by atoms with van der Waals surface area (Å²) in [5.41, 5.74) is 0. The van der Waals surface area contributed by atoms with Gasteiger partial charge in [0, 0.05) is 32.1 Å². The molecule has 0 saturated carbocycles. The molecule has 0 aromatic heterocycles. The first kappa shape index (κ1) is 17.5. The molecule has 0 spiro atoms. The molecule has 1 aliphatic heterocycles. The smallest absolute Gasteiger partial charge is 0.246 e. The quantitative estimate of drug-likeness (QED) is 0.827. The van der Waals surface area contributed by atoms with Gasteiger partial charge < -0.3 is 4.90 Å². The highest BCUT2D eigenvalue weighted by Crippen LogP contribution is 2.31. The number of piperazine rings is 1. The fraction of sp³-hybridized carbons (Fsp3) is 0.500. The Kier molecular flexibility index (Phi) is 5.37. The van der Waals surface area contributed by atoms with Gasteiger partial charge in [0.2, 0.25) is 15.9 Å². The highest BCUT2D eigenvalue weighted by atomic mass is 35.5. The topological polar surface area (TPSA) is 57.7 Å². The van der Waals surface area contributed by atoms with Gasteiger partial charge in [-0.05, 0) is 12.1 Å². The summed E-state index contributed by atoms with van der Waals surface area (Å²) in [5, 5.41) is 0.210. The number of nitrogens with zero attached hydrogens (tertiary/aromatic N) is 2. The molecular formula is C14H18Cl2N2O3S. The highest BCUT2D eigenvalue weighted by Gasteiger charge is 2.33. The van der Waals surface area contributed by atoms with Crippen molar-refractivity contribution >= 4 is 39.1 Å². The molecule has 1 fully saturated rings. The zero-order valence-corrected chi connectivity index (χ0v) is 14.7. The second-order valence-electron chi connectivity index (χ2n) is 5.43. The maximum Gasteiger partial charge on any atom is 0.246 e. The van der Waals surface area contributed by atoms with Crippen LogP contribution in [0, 0.1) is 5.92 Å². The predicted molar refractivity (Wildman–Crippen MR) is 86.6 cm³/mol. The van der Waals surface area contributed by atoms with Crippen molar-refractivity contribution in [1.29, 1.82) is 0 Å². The van der Waals surface area contributed by atoms with Crippen LogP contribution in [0.25, 0.3) is 0 Å². The summed E-state index contributed by atoms with van der Waals surface area (Å²) in [6, 6.07) is 4.60. The Labute approximate surface area is 140 Å². The number of carbonyl (C=O) groups is 1. The molecule has 1 aliphatic rings. The Hall–Kier alpha value is -0.820. The van der Waals surface area contributed by atoms with Gasteiger partial charge in [0.05, 0.1) is 10.0 Å². The molecule has 1 heterocycles. The van der Waals surface area contributed by atoms with Gasteiger partial charge in [-0.1, -0.05) is 43.1 Å². The Bertz CT molecular complexity index is 648. The number of sulfonamides is 1. The zero-order chi connectivity index (χ0) is 16.5. The van der Waals surface area contributed by atoms with Crippen molar-refractivity contribution in [2.45, 2.75) is 18.7 Å². The minimum atomic E-state index is -3.76. The summed E-state index contributed by atoms with van der Waals surface area (Å²) in [7, 11) is -3.76. The van der Waals surface area contributed by atoms with Gasteiger partial charge in [-0.15, -0.1) is 0 Å². The molecule has 1 aromatic carbocycles. The number of amides is 1. The number of hydrogen-bond acceptors (Lipinski definition) is 3. The van der Waals surface area contributed by atoms with Crippen LogP contribution < -0.4 is 0 Å². The van der Waals surface area contributed by atoms with Crippen molar-refractivity contribution in [3.05, 3.63) is 28.2 Å². The third-order valence-electron chi connectivity index (χ3n) is 3.56. The van der Waals surface area contributed by atoms with Crippen molar-refractivity contribution in [3.8, 4) is 0 Å². The maximum atomic E-state index is 12.7. The summed E-state index contributed by atoms with van der Waals surface area (Å²) in [6.07, 6.45) is 0. The second-order valence-corrected chi connectivity index (χ2v) is 8.12. The van der Waals surface area contributed by atoms with Crippen molar-refractivity contribution in [2.24, 2.45) is 5.92 Å². The molecule has 1 saturated heterocycles. The Morgan fingerprint density at radius 1 is 1.09 bits per heavy atom. The van der Waals surface area contributed by atoms with E-state index in [0.717, 1.165) is 0 Å². The lowest BCUT2D eigenvalue weighted by molar-refractivity contribution is -0.135. The fourth-order valence-corrected chi connectivity index (χ4v) is 4.89. The molecule has 0 aliphatic carbocycles. The molecule has 0 unspecified atom stereocenters. The molecule has 0 bridgehead atoms. The molecule has 5 nitrogen and oxygen atoms in total. The number of hydrogen-bond donors (Lipinski definition) is 0. The van der Waals surface area contributed by atoms with E-state index in [-0.39, 0.29) is 39.9 Å². The van der Waals surface area contributed by atoms with Crippen LogP contribution in [0.1, 0.15) is 13.8 Å². The largest absolute Gasteiger partial charge is 0.340 e. The molecule has 8 heteroatoms. The van der Waals surface area contributed by atoms with E-state index in [0.29, 0.717) is 13.1 Å². The monoisotopic (exact) mass is 364 g/mol. The van der Waals surface area contributed by atoms with Crippen molar-refractivity contribution in [2.75, 3.05) is 26.2 Å². The minimum Gasteiger partial charge on any atom is -0.340 e. The van der Waals surface area contributed by atoms with Crippen LogP contribution in [0.4, 0.5) is 0 Å². The van der Waals surface area contributed by atoms with Crippen molar-refractivity contribution in [1.82, 2.24) is 9.21 Å². The first-order valence-corrected chi connectivity index (χ1v) is 9.17. The van der Waals surface area contributed by atoms with Crippen LogP contribution in [0.3, 0.4) is 0 Å². The normalized spacial score (nSPS) is 17.0. The molecule has 122 valence electrons. The summed E-state index contributed by atoms with van der Waals surface area (Å²) in [5.74, 6) is -0.0611. The second kappa shape index (κ2) is 6.74. The third kappa shape index (κ3) is 3.40. The van der Waals surface area contributed by atoms with Crippen LogP contribution in [-0.2, 0) is 14.8 Å². The van der Waals surface area contributed by atoms with E-state index < -0.39 is 10.0 Å². The molecule has 1 amide bonds. The summed E-state index contributed by atoms with van der Waals surface area (Å²) < 4.78 is 26.7. The lowest BCUT2D eigenvalue weighted by Gasteiger charge is -2.35. The summed E-state index contributed by atoms with van der Waals surface area (Å²) >= 11 is 12.0. The number of benzene rings is 1. The SMILES string of the molecule is CC(C)C(=O)N1CCN(S(=O)(=O)c2c(Cl)cccc2Cl)CC1. The van der Waals surface area contributed by atoms with Crippen LogP contribution in [-0.4, -0.2) is 49.7 Å². The van der Waals surface area contributed by atoms with E-state index in [1.54, 1.807) is 11.0 Å². The van der Waals surface area contributed by atoms with Crippen LogP contribution in [0.15, 0.2) is 23.1 Å². The molecule has 2 rings (SSSR count). The third-order valence-corrected chi connectivity index (χ3v) is 6.42. The van der Waals surface area contributed by atoms with E-state index in [2.05, 4.69) is 0 Å².